The fourth-order valence-corrected chi connectivity index (χ4v) is 4.64. The minimum absolute atomic E-state index is 0.275. The van der Waals surface area contributed by atoms with Crippen LogP contribution in [0.4, 0.5) is 5.82 Å². The number of aryl methyl sites for hydroxylation is 2. The van der Waals surface area contributed by atoms with Crippen molar-refractivity contribution in [3.63, 3.8) is 0 Å². The van der Waals surface area contributed by atoms with Crippen LogP contribution in [0.5, 0.6) is 0 Å². The lowest BCUT2D eigenvalue weighted by Crippen LogP contribution is -2.42. The molecule has 0 bridgehead atoms. The van der Waals surface area contributed by atoms with E-state index in [1.165, 1.54) is 31.0 Å². The quantitative estimate of drug-likeness (QED) is 0.328. The third kappa shape index (κ3) is 4.05. The van der Waals surface area contributed by atoms with Gasteiger partial charge in [0.25, 0.3) is 5.56 Å². The molecule has 0 amide bonds. The first-order valence-electron chi connectivity index (χ1n) is 10.4. The van der Waals surface area contributed by atoms with Crippen molar-refractivity contribution in [2.45, 2.75) is 20.4 Å². The summed E-state index contributed by atoms with van der Waals surface area (Å²) in [6.07, 6.45) is 0. The fraction of sp³-hybridized carbons (Fsp3) is 0.261. The SMILES string of the molecule is Cc1ccc(Cn2nc(C)c3cc(C(=O)OCC(=O)c4c(N)n(C)c(=O)n(C)c4=O)sc32)cc1. The van der Waals surface area contributed by atoms with Crippen molar-refractivity contribution in [3.8, 4) is 0 Å². The first kappa shape index (κ1) is 23.2. The van der Waals surface area contributed by atoms with E-state index in [9.17, 15) is 19.2 Å². The highest BCUT2D eigenvalue weighted by Gasteiger charge is 2.23. The van der Waals surface area contributed by atoms with Crippen LogP contribution < -0.4 is 17.0 Å². The Morgan fingerprint density at radius 3 is 2.44 bits per heavy atom. The first-order valence-corrected chi connectivity index (χ1v) is 11.2. The topological polar surface area (TPSA) is 131 Å². The van der Waals surface area contributed by atoms with E-state index in [-0.39, 0.29) is 5.82 Å². The van der Waals surface area contributed by atoms with Crippen molar-refractivity contribution >= 4 is 39.1 Å². The first-order chi connectivity index (χ1) is 16.1. The van der Waals surface area contributed by atoms with Gasteiger partial charge in [-0.2, -0.15) is 5.10 Å². The molecule has 34 heavy (non-hydrogen) atoms. The molecule has 0 aliphatic heterocycles. The van der Waals surface area contributed by atoms with Gasteiger partial charge in [0.15, 0.2) is 6.61 Å². The van der Waals surface area contributed by atoms with Crippen molar-refractivity contribution in [2.24, 2.45) is 14.1 Å². The van der Waals surface area contributed by atoms with Gasteiger partial charge in [-0.25, -0.2) is 9.59 Å². The van der Waals surface area contributed by atoms with Gasteiger partial charge < -0.3 is 10.5 Å². The fourth-order valence-electron chi connectivity index (χ4n) is 3.58. The van der Waals surface area contributed by atoms with Crippen molar-refractivity contribution in [1.29, 1.82) is 0 Å². The van der Waals surface area contributed by atoms with Crippen LogP contribution in [0.1, 0.15) is 36.9 Å². The molecular formula is C23H23N5O5S. The number of benzene rings is 1. The van der Waals surface area contributed by atoms with Crippen LogP contribution in [0.15, 0.2) is 39.9 Å². The van der Waals surface area contributed by atoms with Crippen LogP contribution in [0.3, 0.4) is 0 Å². The highest BCUT2D eigenvalue weighted by Crippen LogP contribution is 2.29. The maximum absolute atomic E-state index is 12.7. The van der Waals surface area contributed by atoms with Gasteiger partial charge in [0.2, 0.25) is 5.78 Å². The molecule has 2 N–H and O–H groups in total. The largest absolute Gasteiger partial charge is 0.453 e. The van der Waals surface area contributed by atoms with Crippen LogP contribution >= 0.6 is 11.3 Å². The molecule has 0 fully saturated rings. The predicted molar refractivity (Wildman–Crippen MR) is 129 cm³/mol. The van der Waals surface area contributed by atoms with E-state index in [4.69, 9.17) is 10.5 Å². The third-order valence-corrected chi connectivity index (χ3v) is 6.71. The number of hydrogen-bond donors (Lipinski definition) is 1. The van der Waals surface area contributed by atoms with Gasteiger partial charge in [-0.15, -0.1) is 11.3 Å². The molecule has 4 aromatic rings. The van der Waals surface area contributed by atoms with E-state index in [1.54, 1.807) is 6.07 Å². The molecule has 0 aliphatic carbocycles. The average Bonchev–Trinajstić information content (AvgIpc) is 3.37. The Labute approximate surface area is 197 Å². The van der Waals surface area contributed by atoms with Crippen LogP contribution in [-0.4, -0.2) is 37.3 Å². The standard InChI is InChI=1S/C23H23N5O5S/c1-12-5-7-14(8-6-12)10-28-21-15(13(2)25-28)9-17(34-21)22(31)33-11-16(29)18-19(24)26(3)23(32)27(4)20(18)30/h5-9H,10-11,24H2,1-4H3. The van der Waals surface area contributed by atoms with E-state index < -0.39 is 35.2 Å². The number of carbonyl (C=O) groups is 2. The maximum atomic E-state index is 12.7. The number of aromatic nitrogens is 4. The molecular weight excluding hydrogens is 458 g/mol. The zero-order valence-corrected chi connectivity index (χ0v) is 19.9. The van der Waals surface area contributed by atoms with Crippen molar-refractivity contribution in [2.75, 3.05) is 12.3 Å². The van der Waals surface area contributed by atoms with Gasteiger partial charge in [0.05, 0.1) is 12.2 Å². The molecule has 3 aromatic heterocycles. The summed E-state index contributed by atoms with van der Waals surface area (Å²) in [4.78, 5) is 50.6. The number of ether oxygens (including phenoxy) is 1. The van der Waals surface area contributed by atoms with Crippen molar-refractivity contribution in [1.82, 2.24) is 18.9 Å². The Morgan fingerprint density at radius 1 is 1.09 bits per heavy atom. The monoisotopic (exact) mass is 481 g/mol. The van der Waals surface area contributed by atoms with E-state index in [1.807, 2.05) is 42.8 Å². The average molecular weight is 482 g/mol. The second-order valence-corrected chi connectivity index (χ2v) is 9.05. The Kier molecular flexibility index (Phi) is 5.96. The van der Waals surface area contributed by atoms with Crippen LogP contribution in [0.2, 0.25) is 0 Å². The van der Waals surface area contributed by atoms with Gasteiger partial charge in [-0.05, 0) is 25.5 Å². The molecule has 4 rings (SSSR count). The number of nitrogens with two attached hydrogens (primary N) is 1. The molecule has 1 aromatic carbocycles. The number of anilines is 1. The number of thiophene rings is 1. The zero-order chi connectivity index (χ0) is 24.7. The number of nitrogens with zero attached hydrogens (tertiary/aromatic N) is 4. The summed E-state index contributed by atoms with van der Waals surface area (Å²) in [5, 5.41) is 5.39. The number of nitrogen functional groups attached to an aromatic ring is 1. The summed E-state index contributed by atoms with van der Waals surface area (Å²) in [6.45, 7) is 3.75. The summed E-state index contributed by atoms with van der Waals surface area (Å²) in [5.41, 5.74) is 6.93. The lowest BCUT2D eigenvalue weighted by Gasteiger charge is -2.10. The number of rotatable bonds is 6. The molecule has 0 saturated heterocycles. The lowest BCUT2D eigenvalue weighted by atomic mass is 10.1. The minimum atomic E-state index is -0.838. The van der Waals surface area contributed by atoms with Gasteiger partial charge in [-0.1, -0.05) is 29.8 Å². The summed E-state index contributed by atoms with van der Waals surface area (Å²) in [7, 11) is 2.59. The highest BCUT2D eigenvalue weighted by molar-refractivity contribution is 7.20. The molecule has 0 radical (unpaired) electrons. The van der Waals surface area contributed by atoms with Crippen LogP contribution in [-0.2, 0) is 25.4 Å². The predicted octanol–water partition coefficient (Wildman–Crippen LogP) is 1.78. The normalized spacial score (nSPS) is 11.2. The molecule has 0 atom stereocenters. The summed E-state index contributed by atoms with van der Waals surface area (Å²) in [5.74, 6) is -1.76. The minimum Gasteiger partial charge on any atom is -0.453 e. The van der Waals surface area contributed by atoms with E-state index >= 15 is 0 Å². The Morgan fingerprint density at radius 2 is 1.76 bits per heavy atom. The zero-order valence-electron chi connectivity index (χ0n) is 19.1. The Hall–Kier alpha value is -3.99. The van der Waals surface area contributed by atoms with E-state index in [0.29, 0.717) is 11.4 Å². The molecule has 3 heterocycles. The third-order valence-electron chi connectivity index (χ3n) is 5.58. The summed E-state index contributed by atoms with van der Waals surface area (Å²) >= 11 is 1.21. The highest BCUT2D eigenvalue weighted by atomic mass is 32.1. The molecule has 0 spiro atoms. The molecule has 0 unspecified atom stereocenters. The molecule has 0 saturated carbocycles. The van der Waals surface area contributed by atoms with Crippen LogP contribution in [0.25, 0.3) is 10.2 Å². The smallest absolute Gasteiger partial charge is 0.348 e. The summed E-state index contributed by atoms with van der Waals surface area (Å²) in [6, 6.07) is 9.80. The van der Waals surface area contributed by atoms with Gasteiger partial charge in [-0.3, -0.25) is 23.4 Å². The van der Waals surface area contributed by atoms with E-state index in [2.05, 4.69) is 5.10 Å². The molecule has 11 heteroatoms. The number of fused-ring (bicyclic) bond motifs is 1. The van der Waals surface area contributed by atoms with E-state index in [0.717, 1.165) is 30.6 Å². The van der Waals surface area contributed by atoms with Crippen LogP contribution in [0, 0.1) is 13.8 Å². The number of ketones is 1. The second-order valence-electron chi connectivity index (χ2n) is 8.02. The van der Waals surface area contributed by atoms with Crippen molar-refractivity contribution < 1.29 is 14.3 Å². The Balaban J connectivity index is 1.54. The van der Waals surface area contributed by atoms with Gasteiger partial charge in [0, 0.05) is 19.5 Å². The second kappa shape index (κ2) is 8.75. The number of esters is 1. The van der Waals surface area contributed by atoms with Gasteiger partial charge in [0.1, 0.15) is 21.1 Å². The molecule has 10 nitrogen and oxygen atoms in total. The molecule has 176 valence electrons. The number of hydrogen-bond acceptors (Lipinski definition) is 8. The lowest BCUT2D eigenvalue weighted by molar-refractivity contribution is 0.0479. The van der Waals surface area contributed by atoms with Gasteiger partial charge >= 0.3 is 11.7 Å². The van der Waals surface area contributed by atoms with Crippen molar-refractivity contribution in [3.05, 3.63) is 78.4 Å². The molecule has 0 aliphatic rings. The Bertz CT molecular complexity index is 1560. The number of Topliss-reactive ketones (excluding diaryl/α,β-unsaturated/α-hetero) is 1. The summed E-state index contributed by atoms with van der Waals surface area (Å²) < 4.78 is 8.77. The number of carbonyl (C=O) groups excluding carboxylic acids is 2. The maximum Gasteiger partial charge on any atom is 0.348 e.